The number of hydrogen-bond acceptors (Lipinski definition) is 6. The van der Waals surface area contributed by atoms with Crippen LogP contribution in [-0.2, 0) is 0 Å². The summed E-state index contributed by atoms with van der Waals surface area (Å²) >= 11 is 0. The number of benzene rings is 2. The predicted molar refractivity (Wildman–Crippen MR) is 110 cm³/mol. The second-order valence-corrected chi connectivity index (χ2v) is 6.46. The van der Waals surface area contributed by atoms with E-state index in [1.54, 1.807) is 14.2 Å². The van der Waals surface area contributed by atoms with Gasteiger partial charge in [-0.2, -0.15) is 0 Å². The molecule has 6 heteroatoms. The molecule has 2 aromatic rings. The van der Waals surface area contributed by atoms with Crippen LogP contribution in [-0.4, -0.2) is 36.1 Å². The normalized spacial score (nSPS) is 12.1. The molecule has 0 unspecified atom stereocenters. The van der Waals surface area contributed by atoms with E-state index in [1.165, 1.54) is 0 Å². The third-order valence-electron chi connectivity index (χ3n) is 4.67. The molecule has 0 saturated heterocycles. The first-order valence-corrected chi connectivity index (χ1v) is 9.42. The first kappa shape index (κ1) is 21.3. The molecule has 0 amide bonds. The van der Waals surface area contributed by atoms with Gasteiger partial charge < -0.3 is 19.9 Å². The van der Waals surface area contributed by atoms with Crippen molar-refractivity contribution >= 4 is 11.4 Å². The van der Waals surface area contributed by atoms with Crippen LogP contribution in [0.15, 0.2) is 58.8 Å². The monoisotopic (exact) mass is 384 g/mol. The maximum Gasteiger partial charge on any atom is 0.118 e. The lowest BCUT2D eigenvalue weighted by Gasteiger charge is -2.07. The zero-order valence-corrected chi connectivity index (χ0v) is 16.5. The molecule has 2 aromatic carbocycles. The second-order valence-electron chi connectivity index (χ2n) is 6.46. The average molecular weight is 384 g/mol. The van der Waals surface area contributed by atoms with Gasteiger partial charge in [-0.05, 0) is 85.3 Å². The van der Waals surface area contributed by atoms with Crippen LogP contribution in [0, 0.1) is 0 Å². The lowest BCUT2D eigenvalue weighted by Crippen LogP contribution is -2.02. The number of methoxy groups -OCH3 is 2. The van der Waals surface area contributed by atoms with Crippen molar-refractivity contribution in [2.75, 3.05) is 14.2 Å². The Morgan fingerprint density at radius 2 is 1.00 bits per heavy atom. The second kappa shape index (κ2) is 11.6. The molecule has 0 fully saturated rings. The minimum Gasteiger partial charge on any atom is -0.497 e. The minimum absolute atomic E-state index is 0.679. The Bertz CT molecular complexity index is 701. The van der Waals surface area contributed by atoms with Gasteiger partial charge in [-0.1, -0.05) is 23.2 Å². The van der Waals surface area contributed by atoms with E-state index in [0.29, 0.717) is 24.3 Å². The molecule has 0 saturated carbocycles. The zero-order valence-electron chi connectivity index (χ0n) is 16.5. The summed E-state index contributed by atoms with van der Waals surface area (Å²) in [4.78, 5) is 0. The molecule has 28 heavy (non-hydrogen) atoms. The molecule has 0 spiro atoms. The van der Waals surface area contributed by atoms with Crippen molar-refractivity contribution in [3.63, 3.8) is 0 Å². The maximum atomic E-state index is 9.28. The molecule has 0 radical (unpaired) electrons. The van der Waals surface area contributed by atoms with E-state index in [4.69, 9.17) is 9.47 Å². The van der Waals surface area contributed by atoms with Crippen LogP contribution in [0.5, 0.6) is 11.5 Å². The minimum atomic E-state index is 0.679. The molecule has 0 aliphatic carbocycles. The third-order valence-corrected chi connectivity index (χ3v) is 4.67. The first-order valence-electron chi connectivity index (χ1n) is 9.42. The summed E-state index contributed by atoms with van der Waals surface area (Å²) in [5.74, 6) is 1.55. The molecular weight excluding hydrogens is 356 g/mol. The van der Waals surface area contributed by atoms with Gasteiger partial charge in [0.15, 0.2) is 0 Å². The third kappa shape index (κ3) is 6.30. The molecule has 0 aliphatic rings. The molecule has 2 rings (SSSR count). The molecule has 150 valence electrons. The molecule has 0 bridgehead atoms. The fourth-order valence-electron chi connectivity index (χ4n) is 3.01. The maximum absolute atomic E-state index is 9.28. The largest absolute Gasteiger partial charge is 0.497 e. The molecule has 0 aromatic heterocycles. The fraction of sp³-hybridized carbons (Fsp3) is 0.364. The Labute approximate surface area is 166 Å². The van der Waals surface area contributed by atoms with Crippen molar-refractivity contribution in [2.45, 2.75) is 38.5 Å². The van der Waals surface area contributed by atoms with E-state index in [9.17, 15) is 10.4 Å². The van der Waals surface area contributed by atoms with E-state index in [-0.39, 0.29) is 0 Å². The highest BCUT2D eigenvalue weighted by molar-refractivity contribution is 6.00. The van der Waals surface area contributed by atoms with Gasteiger partial charge in [0.05, 0.1) is 25.6 Å². The van der Waals surface area contributed by atoms with Crippen molar-refractivity contribution in [3.05, 3.63) is 59.7 Å². The van der Waals surface area contributed by atoms with Gasteiger partial charge in [0.2, 0.25) is 0 Å². The van der Waals surface area contributed by atoms with Gasteiger partial charge in [-0.15, -0.1) is 0 Å². The highest BCUT2D eigenvalue weighted by Crippen LogP contribution is 2.17. The molecule has 6 nitrogen and oxygen atoms in total. The van der Waals surface area contributed by atoms with Gasteiger partial charge in [-0.3, -0.25) is 0 Å². The van der Waals surface area contributed by atoms with Crippen LogP contribution < -0.4 is 9.47 Å². The number of ether oxygens (including phenoxy) is 2. The van der Waals surface area contributed by atoms with E-state index in [2.05, 4.69) is 10.3 Å². The Kier molecular flexibility index (Phi) is 8.85. The van der Waals surface area contributed by atoms with E-state index < -0.39 is 0 Å². The van der Waals surface area contributed by atoms with Gasteiger partial charge in [-0.25, -0.2) is 0 Å². The first-order chi connectivity index (χ1) is 13.7. The van der Waals surface area contributed by atoms with Crippen molar-refractivity contribution in [1.29, 1.82) is 0 Å². The summed E-state index contributed by atoms with van der Waals surface area (Å²) in [6, 6.07) is 15.0. The summed E-state index contributed by atoms with van der Waals surface area (Å²) in [6.07, 6.45) is 5.30. The highest BCUT2D eigenvalue weighted by atomic mass is 16.5. The standard InChI is InChI=1S/C22H28N2O4/c1-27-19-13-9-17(10-14-19)21(23-25)7-5-3-4-6-8-22(24-26)18-11-15-20(28-2)16-12-18/h9-16,25-26H,3-8H2,1-2H3/b23-21-,24-22-. The molecule has 0 atom stereocenters. The molecule has 0 heterocycles. The van der Waals surface area contributed by atoms with Crippen molar-refractivity contribution in [1.82, 2.24) is 0 Å². The van der Waals surface area contributed by atoms with Crippen LogP contribution in [0.2, 0.25) is 0 Å². The summed E-state index contributed by atoms with van der Waals surface area (Å²) < 4.78 is 10.3. The molecule has 2 N–H and O–H groups in total. The average Bonchev–Trinajstić information content (AvgIpc) is 2.76. The van der Waals surface area contributed by atoms with E-state index >= 15 is 0 Å². The molecular formula is C22H28N2O4. The summed E-state index contributed by atoms with van der Waals surface area (Å²) in [5, 5.41) is 25.4. The quantitative estimate of drug-likeness (QED) is 0.244. The van der Waals surface area contributed by atoms with E-state index in [1.807, 2.05) is 48.5 Å². The van der Waals surface area contributed by atoms with Crippen LogP contribution in [0.4, 0.5) is 0 Å². The van der Waals surface area contributed by atoms with Crippen molar-refractivity contribution in [3.8, 4) is 11.5 Å². The Morgan fingerprint density at radius 1 is 0.643 bits per heavy atom. The fourth-order valence-corrected chi connectivity index (χ4v) is 3.01. The Hall–Kier alpha value is -3.02. The number of rotatable bonds is 11. The SMILES string of the molecule is COc1ccc(/C(CCCCCC/C(=N/O)c2ccc(OC)cc2)=N\O)cc1. The van der Waals surface area contributed by atoms with Gasteiger partial charge in [0, 0.05) is 0 Å². The summed E-state index contributed by atoms with van der Waals surface area (Å²) in [5.41, 5.74) is 3.16. The zero-order chi connectivity index (χ0) is 20.2. The Morgan fingerprint density at radius 3 is 1.29 bits per heavy atom. The number of unbranched alkanes of at least 4 members (excludes halogenated alkanes) is 3. The van der Waals surface area contributed by atoms with Crippen molar-refractivity contribution in [2.24, 2.45) is 10.3 Å². The van der Waals surface area contributed by atoms with Crippen LogP contribution in [0.25, 0.3) is 0 Å². The van der Waals surface area contributed by atoms with Crippen LogP contribution >= 0.6 is 0 Å². The topological polar surface area (TPSA) is 83.6 Å². The van der Waals surface area contributed by atoms with Crippen LogP contribution in [0.3, 0.4) is 0 Å². The number of hydrogen-bond donors (Lipinski definition) is 2. The van der Waals surface area contributed by atoms with Gasteiger partial charge in [0.1, 0.15) is 11.5 Å². The predicted octanol–water partition coefficient (Wildman–Crippen LogP) is 5.10. The van der Waals surface area contributed by atoms with E-state index in [0.717, 1.165) is 48.3 Å². The van der Waals surface area contributed by atoms with Crippen molar-refractivity contribution < 1.29 is 19.9 Å². The smallest absolute Gasteiger partial charge is 0.118 e. The number of oxime groups is 2. The van der Waals surface area contributed by atoms with Gasteiger partial charge >= 0.3 is 0 Å². The lowest BCUT2D eigenvalue weighted by atomic mass is 10.0. The van der Waals surface area contributed by atoms with Crippen LogP contribution in [0.1, 0.15) is 49.7 Å². The Balaban J connectivity index is 1.72. The molecule has 0 aliphatic heterocycles. The summed E-state index contributed by atoms with van der Waals surface area (Å²) in [6.45, 7) is 0. The summed E-state index contributed by atoms with van der Waals surface area (Å²) in [7, 11) is 3.25. The lowest BCUT2D eigenvalue weighted by molar-refractivity contribution is 0.317. The highest BCUT2D eigenvalue weighted by Gasteiger charge is 2.07. The van der Waals surface area contributed by atoms with Gasteiger partial charge in [0.25, 0.3) is 0 Å². The number of nitrogens with zero attached hydrogens (tertiary/aromatic N) is 2.